The number of hydrogen-bond acceptors (Lipinski definition) is 5. The summed E-state index contributed by atoms with van der Waals surface area (Å²) >= 11 is 0. The average Bonchev–Trinajstić information content (AvgIpc) is 2.74. The van der Waals surface area contributed by atoms with Crippen molar-refractivity contribution in [1.29, 1.82) is 0 Å². The van der Waals surface area contributed by atoms with Crippen molar-refractivity contribution >= 4 is 0 Å². The third kappa shape index (κ3) is 5.63. The molecule has 0 radical (unpaired) electrons. The summed E-state index contributed by atoms with van der Waals surface area (Å²) in [5.41, 5.74) is 1.27. The van der Waals surface area contributed by atoms with Crippen LogP contribution in [0, 0.1) is 0 Å². The fourth-order valence-electron chi connectivity index (χ4n) is 2.37. The van der Waals surface area contributed by atoms with E-state index in [1.807, 2.05) is 12.1 Å². The van der Waals surface area contributed by atoms with Gasteiger partial charge in [0.1, 0.15) is 5.75 Å². The molecule has 0 aromatic heterocycles. The quantitative estimate of drug-likeness (QED) is 0.714. The molecule has 1 aliphatic rings. The van der Waals surface area contributed by atoms with Crippen LogP contribution < -0.4 is 4.74 Å². The van der Waals surface area contributed by atoms with Gasteiger partial charge in [0.25, 0.3) is 0 Å². The van der Waals surface area contributed by atoms with Gasteiger partial charge >= 0.3 is 0 Å². The molecular formula is C16H25NO4. The van der Waals surface area contributed by atoms with E-state index in [-0.39, 0.29) is 6.10 Å². The SMILES string of the molecule is COCCO[C@H]1COCCN(Cc2ccc(OC)cc2)C1. The molecule has 5 heteroatoms. The third-order valence-corrected chi connectivity index (χ3v) is 3.52. The zero-order chi connectivity index (χ0) is 14.9. The van der Waals surface area contributed by atoms with Crippen molar-refractivity contribution in [2.45, 2.75) is 12.6 Å². The first-order valence-corrected chi connectivity index (χ1v) is 7.35. The van der Waals surface area contributed by atoms with Gasteiger partial charge in [-0.25, -0.2) is 0 Å². The maximum absolute atomic E-state index is 5.80. The van der Waals surface area contributed by atoms with E-state index in [1.165, 1.54) is 5.56 Å². The molecule has 118 valence electrons. The standard InChI is InChI=1S/C16H25NO4/c1-18-9-10-21-16-12-17(7-8-20-13-16)11-14-3-5-15(19-2)6-4-14/h3-6,16H,7-13H2,1-2H3/t16-/m1/s1. The lowest BCUT2D eigenvalue weighted by Crippen LogP contribution is -2.34. The fraction of sp³-hybridized carbons (Fsp3) is 0.625. The number of benzene rings is 1. The maximum atomic E-state index is 5.80. The highest BCUT2D eigenvalue weighted by atomic mass is 16.5. The van der Waals surface area contributed by atoms with Gasteiger partial charge in [0.15, 0.2) is 0 Å². The molecule has 0 N–H and O–H groups in total. The lowest BCUT2D eigenvalue weighted by atomic mass is 10.2. The van der Waals surface area contributed by atoms with Crippen LogP contribution >= 0.6 is 0 Å². The number of nitrogens with zero attached hydrogens (tertiary/aromatic N) is 1. The van der Waals surface area contributed by atoms with Crippen LogP contribution in [0.1, 0.15) is 5.56 Å². The van der Waals surface area contributed by atoms with Crippen LogP contribution in [-0.2, 0) is 20.8 Å². The molecular weight excluding hydrogens is 270 g/mol. The van der Waals surface area contributed by atoms with Crippen LogP contribution in [0.2, 0.25) is 0 Å². The summed E-state index contributed by atoms with van der Waals surface area (Å²) in [6.07, 6.45) is 0.112. The van der Waals surface area contributed by atoms with Gasteiger partial charge in [0, 0.05) is 26.7 Å². The maximum Gasteiger partial charge on any atom is 0.118 e. The second kappa shape index (κ2) is 9.00. The molecule has 0 saturated carbocycles. The minimum atomic E-state index is 0.112. The van der Waals surface area contributed by atoms with Crippen LogP contribution in [0.15, 0.2) is 24.3 Å². The van der Waals surface area contributed by atoms with Crippen molar-refractivity contribution in [1.82, 2.24) is 4.90 Å². The first kappa shape index (κ1) is 16.2. The van der Waals surface area contributed by atoms with Gasteiger partial charge in [0.05, 0.1) is 39.6 Å². The van der Waals surface area contributed by atoms with E-state index in [9.17, 15) is 0 Å². The highest BCUT2D eigenvalue weighted by molar-refractivity contribution is 5.27. The Kier molecular flexibility index (Phi) is 6.95. The normalized spacial score (nSPS) is 20.2. The van der Waals surface area contributed by atoms with Crippen molar-refractivity contribution in [3.8, 4) is 5.75 Å². The molecule has 5 nitrogen and oxygen atoms in total. The molecule has 1 aromatic rings. The second-order valence-electron chi connectivity index (χ2n) is 5.14. The van der Waals surface area contributed by atoms with Gasteiger partial charge in [-0.2, -0.15) is 0 Å². The summed E-state index contributed by atoms with van der Waals surface area (Å²) < 4.78 is 21.6. The van der Waals surface area contributed by atoms with Crippen LogP contribution in [0.5, 0.6) is 5.75 Å². The minimum Gasteiger partial charge on any atom is -0.497 e. The fourth-order valence-corrected chi connectivity index (χ4v) is 2.37. The smallest absolute Gasteiger partial charge is 0.118 e. The summed E-state index contributed by atoms with van der Waals surface area (Å²) in [7, 11) is 3.37. The monoisotopic (exact) mass is 295 g/mol. The molecule has 2 rings (SSSR count). The van der Waals surface area contributed by atoms with E-state index in [4.69, 9.17) is 18.9 Å². The summed E-state index contributed by atoms with van der Waals surface area (Å²) in [6, 6.07) is 8.20. The molecule has 1 aliphatic heterocycles. The van der Waals surface area contributed by atoms with Crippen LogP contribution in [0.25, 0.3) is 0 Å². The van der Waals surface area contributed by atoms with Gasteiger partial charge < -0.3 is 18.9 Å². The summed E-state index contributed by atoms with van der Waals surface area (Å²) in [4.78, 5) is 2.37. The molecule has 1 aromatic carbocycles. The predicted molar refractivity (Wildman–Crippen MR) is 80.7 cm³/mol. The van der Waals surface area contributed by atoms with E-state index in [1.54, 1.807) is 14.2 Å². The van der Waals surface area contributed by atoms with Crippen LogP contribution in [0.4, 0.5) is 0 Å². The van der Waals surface area contributed by atoms with Crippen molar-refractivity contribution in [3.05, 3.63) is 29.8 Å². The lowest BCUT2D eigenvalue weighted by molar-refractivity contribution is -0.0250. The van der Waals surface area contributed by atoms with Crippen molar-refractivity contribution in [2.24, 2.45) is 0 Å². The first-order valence-electron chi connectivity index (χ1n) is 7.35. The van der Waals surface area contributed by atoms with Crippen molar-refractivity contribution in [2.75, 3.05) is 53.7 Å². The number of rotatable bonds is 7. The molecule has 0 spiro atoms. The summed E-state index contributed by atoms with van der Waals surface area (Å²) in [5.74, 6) is 0.888. The van der Waals surface area contributed by atoms with E-state index in [2.05, 4.69) is 17.0 Å². The van der Waals surface area contributed by atoms with E-state index < -0.39 is 0 Å². The van der Waals surface area contributed by atoms with Gasteiger partial charge in [-0.05, 0) is 17.7 Å². The second-order valence-corrected chi connectivity index (χ2v) is 5.14. The first-order chi connectivity index (χ1) is 10.3. The van der Waals surface area contributed by atoms with E-state index in [0.717, 1.165) is 32.0 Å². The zero-order valence-electron chi connectivity index (χ0n) is 12.9. The highest BCUT2D eigenvalue weighted by Crippen LogP contribution is 2.14. The Hall–Kier alpha value is -1.14. The van der Waals surface area contributed by atoms with Gasteiger partial charge in [-0.1, -0.05) is 12.1 Å². The molecule has 1 atom stereocenters. The Bertz CT molecular complexity index is 396. The number of methoxy groups -OCH3 is 2. The number of ether oxygens (including phenoxy) is 4. The van der Waals surface area contributed by atoms with E-state index >= 15 is 0 Å². The average molecular weight is 295 g/mol. The molecule has 0 unspecified atom stereocenters. The Morgan fingerprint density at radius 3 is 2.71 bits per heavy atom. The largest absolute Gasteiger partial charge is 0.497 e. The minimum absolute atomic E-state index is 0.112. The van der Waals surface area contributed by atoms with Gasteiger partial charge in [0.2, 0.25) is 0 Å². The molecule has 0 bridgehead atoms. The Morgan fingerprint density at radius 2 is 2.00 bits per heavy atom. The molecule has 0 amide bonds. The lowest BCUT2D eigenvalue weighted by Gasteiger charge is -2.23. The van der Waals surface area contributed by atoms with Crippen molar-refractivity contribution in [3.63, 3.8) is 0 Å². The van der Waals surface area contributed by atoms with Crippen LogP contribution in [-0.4, -0.2) is 64.7 Å². The predicted octanol–water partition coefficient (Wildman–Crippen LogP) is 1.56. The highest BCUT2D eigenvalue weighted by Gasteiger charge is 2.19. The zero-order valence-corrected chi connectivity index (χ0v) is 12.9. The van der Waals surface area contributed by atoms with Gasteiger partial charge in [-0.3, -0.25) is 4.90 Å². The third-order valence-electron chi connectivity index (χ3n) is 3.52. The van der Waals surface area contributed by atoms with Crippen LogP contribution in [0.3, 0.4) is 0 Å². The number of hydrogen-bond donors (Lipinski definition) is 0. The molecule has 21 heavy (non-hydrogen) atoms. The van der Waals surface area contributed by atoms with Gasteiger partial charge in [-0.15, -0.1) is 0 Å². The topological polar surface area (TPSA) is 40.2 Å². The molecule has 1 fully saturated rings. The Labute approximate surface area is 126 Å². The molecule has 0 aliphatic carbocycles. The van der Waals surface area contributed by atoms with Crippen molar-refractivity contribution < 1.29 is 18.9 Å². The molecule has 1 saturated heterocycles. The van der Waals surface area contributed by atoms with E-state index in [0.29, 0.717) is 19.8 Å². The Morgan fingerprint density at radius 1 is 1.19 bits per heavy atom. The Balaban J connectivity index is 1.85. The summed E-state index contributed by atoms with van der Waals surface area (Å²) in [5, 5.41) is 0. The summed E-state index contributed by atoms with van der Waals surface area (Å²) in [6.45, 7) is 5.35. The molecule has 1 heterocycles.